The molecule has 2 rings (SSSR count). The molecule has 0 radical (unpaired) electrons. The maximum Gasteiger partial charge on any atom is 0.175 e. The lowest BCUT2D eigenvalue weighted by Crippen LogP contribution is -1.97. The number of nitrogens with zero attached hydrogens (tertiary/aromatic N) is 1. The van der Waals surface area contributed by atoms with Crippen molar-refractivity contribution < 1.29 is 8.42 Å². The van der Waals surface area contributed by atoms with Gasteiger partial charge in [0, 0.05) is 25.1 Å². The Morgan fingerprint density at radius 3 is 2.44 bits per heavy atom. The van der Waals surface area contributed by atoms with Gasteiger partial charge in [-0.25, -0.2) is 13.4 Å². The van der Waals surface area contributed by atoms with Gasteiger partial charge in [0.25, 0.3) is 0 Å². The van der Waals surface area contributed by atoms with E-state index < -0.39 is 9.84 Å². The molecule has 0 aliphatic heterocycles. The first kappa shape index (κ1) is 10.9. The fourth-order valence-electron chi connectivity index (χ4n) is 1.44. The zero-order valence-corrected chi connectivity index (χ0v) is 9.66. The van der Waals surface area contributed by atoms with Crippen molar-refractivity contribution in [2.75, 3.05) is 6.26 Å². The zero-order valence-electron chi connectivity index (χ0n) is 8.84. The Morgan fingerprint density at radius 2 is 1.94 bits per heavy atom. The summed E-state index contributed by atoms with van der Waals surface area (Å²) in [6, 6.07) is 6.85. The highest BCUT2D eigenvalue weighted by Crippen LogP contribution is 2.12. The van der Waals surface area contributed by atoms with Crippen LogP contribution in [0.3, 0.4) is 0 Å². The molecule has 0 aliphatic rings. The minimum Gasteiger partial charge on any atom is -0.348 e. The highest BCUT2D eigenvalue weighted by molar-refractivity contribution is 7.90. The van der Waals surface area contributed by atoms with Gasteiger partial charge in [0.15, 0.2) is 9.84 Å². The number of imidazole rings is 1. The molecule has 0 amide bonds. The fourth-order valence-corrected chi connectivity index (χ4v) is 2.07. The molecule has 0 fully saturated rings. The molecule has 5 heteroatoms. The summed E-state index contributed by atoms with van der Waals surface area (Å²) in [6.07, 6.45) is 5.34. The van der Waals surface area contributed by atoms with Gasteiger partial charge in [0.1, 0.15) is 5.82 Å². The van der Waals surface area contributed by atoms with Crippen LogP contribution in [0.15, 0.2) is 41.6 Å². The van der Waals surface area contributed by atoms with E-state index in [-0.39, 0.29) is 0 Å². The topological polar surface area (TPSA) is 62.8 Å². The van der Waals surface area contributed by atoms with E-state index in [1.54, 1.807) is 36.7 Å². The van der Waals surface area contributed by atoms with Crippen LogP contribution in [0, 0.1) is 0 Å². The zero-order chi connectivity index (χ0) is 11.6. The second-order valence-electron chi connectivity index (χ2n) is 3.63. The number of hydrogen-bond acceptors (Lipinski definition) is 3. The Morgan fingerprint density at radius 1 is 1.25 bits per heavy atom. The lowest BCUT2D eigenvalue weighted by molar-refractivity contribution is 0.602. The van der Waals surface area contributed by atoms with Gasteiger partial charge < -0.3 is 4.98 Å². The molecule has 1 heterocycles. The van der Waals surface area contributed by atoms with Crippen LogP contribution in [0.4, 0.5) is 0 Å². The summed E-state index contributed by atoms with van der Waals surface area (Å²) in [5.74, 6) is 0.868. The number of benzene rings is 1. The summed E-state index contributed by atoms with van der Waals surface area (Å²) in [5, 5.41) is 0. The van der Waals surface area contributed by atoms with E-state index in [2.05, 4.69) is 9.97 Å². The Bertz CT molecular complexity index is 557. The third-order valence-corrected chi connectivity index (χ3v) is 3.41. The predicted molar refractivity (Wildman–Crippen MR) is 60.9 cm³/mol. The Kier molecular flexibility index (Phi) is 2.78. The van der Waals surface area contributed by atoms with Gasteiger partial charge >= 0.3 is 0 Å². The number of nitrogens with one attached hydrogen (secondary N) is 1. The van der Waals surface area contributed by atoms with Crippen molar-refractivity contribution in [3.05, 3.63) is 48.0 Å². The summed E-state index contributed by atoms with van der Waals surface area (Å²) in [4.78, 5) is 7.45. The molecule has 2 aromatic rings. The maximum atomic E-state index is 11.2. The lowest BCUT2D eigenvalue weighted by atomic mass is 10.1. The summed E-state index contributed by atoms with van der Waals surface area (Å²) in [7, 11) is -3.11. The van der Waals surface area contributed by atoms with Crippen molar-refractivity contribution in [3.63, 3.8) is 0 Å². The average molecular weight is 236 g/mol. The van der Waals surface area contributed by atoms with E-state index >= 15 is 0 Å². The van der Waals surface area contributed by atoms with E-state index in [0.717, 1.165) is 11.4 Å². The predicted octanol–water partition coefficient (Wildman–Crippen LogP) is 1.40. The van der Waals surface area contributed by atoms with Gasteiger partial charge in [-0.05, 0) is 17.7 Å². The van der Waals surface area contributed by atoms with Gasteiger partial charge in [-0.3, -0.25) is 0 Å². The summed E-state index contributed by atoms with van der Waals surface area (Å²) < 4.78 is 22.5. The summed E-state index contributed by atoms with van der Waals surface area (Å²) >= 11 is 0. The molecule has 0 aliphatic carbocycles. The van der Waals surface area contributed by atoms with E-state index in [1.165, 1.54) is 6.26 Å². The molecule has 0 bridgehead atoms. The maximum absolute atomic E-state index is 11.2. The highest BCUT2D eigenvalue weighted by Gasteiger charge is 2.06. The molecule has 0 unspecified atom stereocenters. The van der Waals surface area contributed by atoms with Crippen LogP contribution in [0.5, 0.6) is 0 Å². The first-order chi connectivity index (χ1) is 7.55. The van der Waals surface area contributed by atoms with Crippen molar-refractivity contribution in [2.24, 2.45) is 0 Å². The number of H-pyrrole nitrogens is 1. The number of aromatic nitrogens is 2. The smallest absolute Gasteiger partial charge is 0.175 e. The third kappa shape index (κ3) is 2.49. The first-order valence-electron chi connectivity index (χ1n) is 4.83. The summed E-state index contributed by atoms with van der Waals surface area (Å²) in [5.41, 5.74) is 1.03. The fraction of sp³-hybridized carbons (Fsp3) is 0.182. The molecule has 0 saturated heterocycles. The molecule has 0 saturated carbocycles. The van der Waals surface area contributed by atoms with Crippen LogP contribution in [0.25, 0.3) is 0 Å². The lowest BCUT2D eigenvalue weighted by Gasteiger charge is -2.01. The Balaban J connectivity index is 2.20. The Hall–Kier alpha value is -1.62. The van der Waals surface area contributed by atoms with Crippen LogP contribution in [-0.4, -0.2) is 24.6 Å². The molecule has 16 heavy (non-hydrogen) atoms. The van der Waals surface area contributed by atoms with Gasteiger partial charge in [-0.2, -0.15) is 0 Å². The largest absolute Gasteiger partial charge is 0.348 e. The minimum atomic E-state index is -3.11. The van der Waals surface area contributed by atoms with E-state index in [9.17, 15) is 8.42 Å². The molecule has 0 atom stereocenters. The quantitative estimate of drug-likeness (QED) is 0.876. The average Bonchev–Trinajstić information content (AvgIpc) is 2.70. The second-order valence-corrected chi connectivity index (χ2v) is 5.64. The number of aromatic amines is 1. The number of hydrogen-bond donors (Lipinski definition) is 1. The Labute approximate surface area is 94.3 Å². The molecule has 4 nitrogen and oxygen atoms in total. The van der Waals surface area contributed by atoms with Crippen LogP contribution in [-0.2, 0) is 16.3 Å². The van der Waals surface area contributed by atoms with Crippen molar-refractivity contribution in [3.8, 4) is 0 Å². The monoisotopic (exact) mass is 236 g/mol. The molecular formula is C11H12N2O2S. The standard InChI is InChI=1S/C11H12N2O2S/c1-16(14,15)10-4-2-9(3-5-10)8-11-12-6-7-13-11/h2-7H,8H2,1H3,(H,12,13). The molecule has 1 N–H and O–H groups in total. The third-order valence-electron chi connectivity index (χ3n) is 2.28. The van der Waals surface area contributed by atoms with Crippen molar-refractivity contribution in [1.29, 1.82) is 0 Å². The molecule has 84 valence electrons. The van der Waals surface area contributed by atoms with E-state index in [1.807, 2.05) is 0 Å². The molecule has 1 aromatic heterocycles. The SMILES string of the molecule is CS(=O)(=O)c1ccc(Cc2ncc[nH]2)cc1. The summed E-state index contributed by atoms with van der Waals surface area (Å²) in [6.45, 7) is 0. The van der Waals surface area contributed by atoms with Gasteiger partial charge in [0.05, 0.1) is 4.90 Å². The van der Waals surface area contributed by atoms with E-state index in [4.69, 9.17) is 0 Å². The number of rotatable bonds is 3. The van der Waals surface area contributed by atoms with Crippen molar-refractivity contribution in [1.82, 2.24) is 9.97 Å². The van der Waals surface area contributed by atoms with Crippen LogP contribution >= 0.6 is 0 Å². The molecular weight excluding hydrogens is 224 g/mol. The van der Waals surface area contributed by atoms with Crippen molar-refractivity contribution >= 4 is 9.84 Å². The van der Waals surface area contributed by atoms with E-state index in [0.29, 0.717) is 11.3 Å². The van der Waals surface area contributed by atoms with Crippen LogP contribution < -0.4 is 0 Å². The first-order valence-corrected chi connectivity index (χ1v) is 6.72. The van der Waals surface area contributed by atoms with Crippen LogP contribution in [0.2, 0.25) is 0 Å². The van der Waals surface area contributed by atoms with Gasteiger partial charge in [-0.1, -0.05) is 12.1 Å². The molecule has 0 spiro atoms. The highest BCUT2D eigenvalue weighted by atomic mass is 32.2. The van der Waals surface area contributed by atoms with Crippen LogP contribution in [0.1, 0.15) is 11.4 Å². The van der Waals surface area contributed by atoms with Gasteiger partial charge in [0.2, 0.25) is 0 Å². The second kappa shape index (κ2) is 4.09. The normalized spacial score (nSPS) is 11.6. The molecule has 1 aromatic carbocycles. The minimum absolute atomic E-state index is 0.343. The van der Waals surface area contributed by atoms with Gasteiger partial charge in [-0.15, -0.1) is 0 Å². The van der Waals surface area contributed by atoms with Crippen molar-refractivity contribution in [2.45, 2.75) is 11.3 Å². The number of sulfone groups is 1.